The molecule has 1 aromatic carbocycles. The highest BCUT2D eigenvalue weighted by atomic mass is 16.4. The molecule has 0 saturated carbocycles. The minimum atomic E-state index is -1.00. The molecule has 0 bridgehead atoms. The maximum Gasteiger partial charge on any atom is 0.310 e. The van der Waals surface area contributed by atoms with E-state index in [1.165, 1.54) is 0 Å². The highest BCUT2D eigenvalue weighted by molar-refractivity contribution is 5.99. The Hall–Kier alpha value is -2.04. The molecule has 0 spiro atoms. The highest BCUT2D eigenvalue weighted by Crippen LogP contribution is 2.15. The number of rotatable bonds is 4. The van der Waals surface area contributed by atoms with Crippen molar-refractivity contribution < 1.29 is 14.7 Å². The number of hydrogen-bond donors (Lipinski definition) is 3. The summed E-state index contributed by atoms with van der Waals surface area (Å²) in [7, 11) is 0. The number of nitrogens with one attached hydrogen (secondary N) is 1. The lowest BCUT2D eigenvalue weighted by atomic mass is 9.94. The lowest BCUT2D eigenvalue weighted by molar-refractivity contribution is -0.146. The third-order valence-electron chi connectivity index (χ3n) is 2.48. The summed E-state index contributed by atoms with van der Waals surface area (Å²) in [6.07, 6.45) is 0. The van der Waals surface area contributed by atoms with Crippen molar-refractivity contribution in [3.05, 3.63) is 29.8 Å². The van der Waals surface area contributed by atoms with Crippen molar-refractivity contribution >= 4 is 17.6 Å². The number of carboxylic acid groups (broad SMARTS) is 1. The minimum absolute atomic E-state index is 0.0511. The first-order valence-corrected chi connectivity index (χ1v) is 5.20. The number of anilines is 1. The van der Waals surface area contributed by atoms with E-state index in [4.69, 9.17) is 10.8 Å². The van der Waals surface area contributed by atoms with Crippen LogP contribution >= 0.6 is 0 Å². The third-order valence-corrected chi connectivity index (χ3v) is 2.48. The number of carboxylic acids is 1. The summed E-state index contributed by atoms with van der Waals surface area (Å²) < 4.78 is 0. The maximum absolute atomic E-state index is 11.8. The summed E-state index contributed by atoms with van der Waals surface area (Å²) in [5.74, 6) is -1.32. The second-order valence-electron chi connectivity index (χ2n) is 4.46. The van der Waals surface area contributed by atoms with Gasteiger partial charge in [-0.25, -0.2) is 0 Å². The fraction of sp³-hybridized carbons (Fsp3) is 0.333. The summed E-state index contributed by atoms with van der Waals surface area (Å²) >= 11 is 0. The first-order valence-electron chi connectivity index (χ1n) is 5.20. The van der Waals surface area contributed by atoms with Crippen molar-refractivity contribution in [3.63, 3.8) is 0 Å². The normalized spacial score (nSPS) is 10.9. The van der Waals surface area contributed by atoms with Crippen LogP contribution in [0.25, 0.3) is 0 Å². The van der Waals surface area contributed by atoms with Gasteiger partial charge in [0.1, 0.15) is 0 Å². The number of nitrogen functional groups attached to an aromatic ring is 1. The number of carbonyl (C=O) groups is 2. The van der Waals surface area contributed by atoms with Gasteiger partial charge in [0.25, 0.3) is 5.91 Å². The number of amides is 1. The monoisotopic (exact) mass is 236 g/mol. The van der Waals surface area contributed by atoms with Crippen LogP contribution in [0.4, 0.5) is 5.69 Å². The number of hydrogen-bond acceptors (Lipinski definition) is 3. The maximum atomic E-state index is 11.8. The smallest absolute Gasteiger partial charge is 0.310 e. The Morgan fingerprint density at radius 1 is 1.35 bits per heavy atom. The lowest BCUT2D eigenvalue weighted by Crippen LogP contribution is -2.39. The number of para-hydroxylation sites is 1. The molecule has 0 aliphatic rings. The van der Waals surface area contributed by atoms with E-state index < -0.39 is 11.4 Å². The molecule has 92 valence electrons. The minimum Gasteiger partial charge on any atom is -0.481 e. The van der Waals surface area contributed by atoms with E-state index in [-0.39, 0.29) is 12.5 Å². The molecule has 1 rings (SSSR count). The molecule has 0 atom stereocenters. The van der Waals surface area contributed by atoms with E-state index in [0.717, 1.165) is 0 Å². The summed E-state index contributed by atoms with van der Waals surface area (Å²) in [6, 6.07) is 6.65. The quantitative estimate of drug-likeness (QED) is 0.683. The molecule has 0 saturated heterocycles. The molecule has 0 fully saturated rings. The van der Waals surface area contributed by atoms with Gasteiger partial charge in [-0.05, 0) is 26.0 Å². The van der Waals surface area contributed by atoms with E-state index in [9.17, 15) is 9.59 Å². The van der Waals surface area contributed by atoms with Gasteiger partial charge in [0, 0.05) is 12.2 Å². The summed E-state index contributed by atoms with van der Waals surface area (Å²) in [5, 5.41) is 11.5. The summed E-state index contributed by atoms with van der Waals surface area (Å²) in [6.45, 7) is 3.14. The molecule has 5 nitrogen and oxygen atoms in total. The van der Waals surface area contributed by atoms with Crippen LogP contribution in [-0.4, -0.2) is 23.5 Å². The SMILES string of the molecule is CC(C)(CNC(=O)c1ccccc1N)C(=O)O. The van der Waals surface area contributed by atoms with Gasteiger partial charge in [0.2, 0.25) is 0 Å². The zero-order chi connectivity index (χ0) is 13.1. The summed E-state index contributed by atoms with van der Waals surface area (Å²) in [5.41, 5.74) is 5.37. The van der Waals surface area contributed by atoms with Crippen LogP contribution in [0.5, 0.6) is 0 Å². The van der Waals surface area contributed by atoms with Gasteiger partial charge in [-0.1, -0.05) is 12.1 Å². The molecular formula is C12H16N2O3. The van der Waals surface area contributed by atoms with Gasteiger partial charge < -0.3 is 16.2 Å². The van der Waals surface area contributed by atoms with Gasteiger partial charge in [-0.2, -0.15) is 0 Å². The largest absolute Gasteiger partial charge is 0.481 e. The third kappa shape index (κ3) is 3.21. The predicted octanol–water partition coefficient (Wildman–Crippen LogP) is 1.11. The van der Waals surface area contributed by atoms with Crippen LogP contribution in [-0.2, 0) is 4.79 Å². The van der Waals surface area contributed by atoms with Gasteiger partial charge >= 0.3 is 5.97 Å². The van der Waals surface area contributed by atoms with Gasteiger partial charge in [-0.15, -0.1) is 0 Å². The Kier molecular flexibility index (Phi) is 3.73. The van der Waals surface area contributed by atoms with Gasteiger partial charge in [0.15, 0.2) is 0 Å². The molecular weight excluding hydrogens is 220 g/mol. The molecule has 5 heteroatoms. The molecule has 1 aromatic rings. The molecule has 0 unspecified atom stereocenters. The zero-order valence-corrected chi connectivity index (χ0v) is 9.86. The second-order valence-corrected chi connectivity index (χ2v) is 4.46. The Morgan fingerprint density at radius 3 is 2.47 bits per heavy atom. The average molecular weight is 236 g/mol. The fourth-order valence-electron chi connectivity index (χ4n) is 1.18. The van der Waals surface area contributed by atoms with Crippen molar-refractivity contribution in [2.45, 2.75) is 13.8 Å². The van der Waals surface area contributed by atoms with Crippen LogP contribution in [0.15, 0.2) is 24.3 Å². The molecule has 4 N–H and O–H groups in total. The average Bonchev–Trinajstić information content (AvgIpc) is 2.26. The molecule has 0 heterocycles. The van der Waals surface area contributed by atoms with E-state index in [2.05, 4.69) is 5.32 Å². The van der Waals surface area contributed by atoms with Crippen LogP contribution in [0.1, 0.15) is 24.2 Å². The highest BCUT2D eigenvalue weighted by Gasteiger charge is 2.27. The van der Waals surface area contributed by atoms with E-state index in [1.807, 2.05) is 0 Å². The second kappa shape index (κ2) is 4.86. The first kappa shape index (κ1) is 13.0. The van der Waals surface area contributed by atoms with Crippen molar-refractivity contribution in [2.24, 2.45) is 5.41 Å². The fourth-order valence-corrected chi connectivity index (χ4v) is 1.18. The van der Waals surface area contributed by atoms with Crippen LogP contribution in [0.3, 0.4) is 0 Å². The summed E-state index contributed by atoms with van der Waals surface area (Å²) in [4.78, 5) is 22.6. The number of carbonyl (C=O) groups excluding carboxylic acids is 1. The van der Waals surface area contributed by atoms with Crippen LogP contribution in [0.2, 0.25) is 0 Å². The van der Waals surface area contributed by atoms with Crippen molar-refractivity contribution in [1.29, 1.82) is 0 Å². The molecule has 0 aromatic heterocycles. The lowest BCUT2D eigenvalue weighted by Gasteiger charge is -2.19. The zero-order valence-electron chi connectivity index (χ0n) is 9.86. The van der Waals surface area contributed by atoms with E-state index in [1.54, 1.807) is 38.1 Å². The van der Waals surface area contributed by atoms with Gasteiger partial charge in [0.05, 0.1) is 11.0 Å². The van der Waals surface area contributed by atoms with Crippen molar-refractivity contribution in [2.75, 3.05) is 12.3 Å². The topological polar surface area (TPSA) is 92.4 Å². The first-order chi connectivity index (χ1) is 7.84. The van der Waals surface area contributed by atoms with Crippen molar-refractivity contribution in [1.82, 2.24) is 5.32 Å². The van der Waals surface area contributed by atoms with E-state index >= 15 is 0 Å². The molecule has 1 amide bonds. The molecule has 0 aliphatic carbocycles. The molecule has 17 heavy (non-hydrogen) atoms. The number of aliphatic carboxylic acids is 1. The molecule has 0 aliphatic heterocycles. The number of nitrogens with two attached hydrogens (primary N) is 1. The number of benzene rings is 1. The Bertz CT molecular complexity index is 441. The van der Waals surface area contributed by atoms with Gasteiger partial charge in [-0.3, -0.25) is 9.59 Å². The Labute approximate surface area is 99.6 Å². The standard InChI is InChI=1S/C12H16N2O3/c1-12(2,11(16)17)7-14-10(15)8-5-3-4-6-9(8)13/h3-6H,7,13H2,1-2H3,(H,14,15)(H,16,17). The van der Waals surface area contributed by atoms with Crippen LogP contribution < -0.4 is 11.1 Å². The van der Waals surface area contributed by atoms with Crippen molar-refractivity contribution in [3.8, 4) is 0 Å². The van der Waals surface area contributed by atoms with Crippen LogP contribution in [0, 0.1) is 5.41 Å². The Morgan fingerprint density at radius 2 is 1.94 bits per heavy atom. The predicted molar refractivity (Wildman–Crippen MR) is 64.6 cm³/mol. The Balaban J connectivity index is 2.69. The molecule has 0 radical (unpaired) electrons. The van der Waals surface area contributed by atoms with E-state index in [0.29, 0.717) is 11.3 Å².